The van der Waals surface area contributed by atoms with Crippen molar-refractivity contribution in [1.29, 1.82) is 5.26 Å². The zero-order chi connectivity index (χ0) is 24.9. The molecular weight excluding hydrogens is 462 g/mol. The molecule has 0 unspecified atom stereocenters. The molecule has 12 heteroatoms. The maximum atomic E-state index is 9.40. The van der Waals surface area contributed by atoms with Gasteiger partial charge in [-0.3, -0.25) is 5.10 Å². The van der Waals surface area contributed by atoms with Crippen molar-refractivity contribution in [1.82, 2.24) is 30.3 Å². The minimum absolute atomic E-state index is 0.122. The standard InChI is InChI=1S/C24H25N9O3/c1-15-11-22(31-30-15)27-21-13-23(35-10-9-34-2)29-24(28-21)33-8-4-6-19(33)20-12-17(32-36-20)16-5-3-7-26-18(16)14-25/h3,5,7,11-13,19H,4,6,8-10H2,1-2H3,(H2,27,28,29,30,31)/t19-/m0/s1. The second-order valence-corrected chi connectivity index (χ2v) is 8.27. The summed E-state index contributed by atoms with van der Waals surface area (Å²) in [6, 6.07) is 11.0. The fourth-order valence-electron chi connectivity index (χ4n) is 4.10. The fourth-order valence-corrected chi connectivity index (χ4v) is 4.10. The number of nitrogens with one attached hydrogen (secondary N) is 2. The Labute approximate surface area is 207 Å². The van der Waals surface area contributed by atoms with Gasteiger partial charge in [0.1, 0.15) is 29.9 Å². The van der Waals surface area contributed by atoms with Crippen LogP contribution in [0.15, 0.2) is 41.1 Å². The van der Waals surface area contributed by atoms with Crippen LogP contribution in [0.4, 0.5) is 17.6 Å². The van der Waals surface area contributed by atoms with Crippen molar-refractivity contribution in [3.8, 4) is 23.2 Å². The van der Waals surface area contributed by atoms with Crippen LogP contribution in [-0.2, 0) is 4.74 Å². The predicted molar refractivity (Wildman–Crippen MR) is 130 cm³/mol. The number of rotatable bonds is 9. The summed E-state index contributed by atoms with van der Waals surface area (Å²) in [4.78, 5) is 15.6. The Morgan fingerprint density at radius 1 is 1.25 bits per heavy atom. The third kappa shape index (κ3) is 4.96. The number of pyridine rings is 1. The molecule has 0 spiro atoms. The highest BCUT2D eigenvalue weighted by Crippen LogP contribution is 2.37. The van der Waals surface area contributed by atoms with Crippen LogP contribution in [0.5, 0.6) is 5.88 Å². The van der Waals surface area contributed by atoms with Crippen molar-refractivity contribution < 1.29 is 14.0 Å². The van der Waals surface area contributed by atoms with Crippen LogP contribution in [0.3, 0.4) is 0 Å². The summed E-state index contributed by atoms with van der Waals surface area (Å²) in [5.74, 6) is 2.78. The van der Waals surface area contributed by atoms with Crippen LogP contribution in [0.2, 0.25) is 0 Å². The zero-order valence-electron chi connectivity index (χ0n) is 19.9. The lowest BCUT2D eigenvalue weighted by molar-refractivity contribution is 0.143. The SMILES string of the molecule is COCCOc1cc(Nc2cc(C)[nH]n2)nc(N2CCC[C@H]2c2cc(-c3cccnc3C#N)no2)n1. The van der Waals surface area contributed by atoms with Gasteiger partial charge in [-0.1, -0.05) is 5.16 Å². The van der Waals surface area contributed by atoms with E-state index in [1.807, 2.05) is 19.1 Å². The molecule has 5 heterocycles. The predicted octanol–water partition coefficient (Wildman–Crippen LogP) is 3.54. The molecule has 0 saturated carbocycles. The second kappa shape index (κ2) is 10.4. The number of methoxy groups -OCH3 is 1. The van der Waals surface area contributed by atoms with E-state index in [-0.39, 0.29) is 6.04 Å². The Balaban J connectivity index is 1.44. The van der Waals surface area contributed by atoms with Gasteiger partial charge >= 0.3 is 0 Å². The molecule has 0 aliphatic carbocycles. The molecule has 0 radical (unpaired) electrons. The molecule has 2 N–H and O–H groups in total. The Hall–Kier alpha value is -4.50. The van der Waals surface area contributed by atoms with E-state index < -0.39 is 0 Å². The molecule has 1 aliphatic heterocycles. The number of aromatic amines is 1. The van der Waals surface area contributed by atoms with Crippen LogP contribution in [0, 0.1) is 18.3 Å². The number of H-pyrrole nitrogens is 1. The van der Waals surface area contributed by atoms with Crippen LogP contribution < -0.4 is 15.0 Å². The summed E-state index contributed by atoms with van der Waals surface area (Å²) in [6.45, 7) is 3.45. The lowest BCUT2D eigenvalue weighted by atomic mass is 10.1. The lowest BCUT2D eigenvalue weighted by Crippen LogP contribution is -2.25. The Bertz CT molecular complexity index is 1380. The molecule has 0 aromatic carbocycles. The number of anilines is 3. The molecular formula is C24H25N9O3. The molecule has 184 valence electrons. The van der Waals surface area contributed by atoms with Crippen LogP contribution in [0.25, 0.3) is 11.3 Å². The van der Waals surface area contributed by atoms with E-state index in [1.54, 1.807) is 31.5 Å². The first-order chi connectivity index (χ1) is 17.6. The summed E-state index contributed by atoms with van der Waals surface area (Å²) in [6.07, 6.45) is 3.35. The van der Waals surface area contributed by atoms with Gasteiger partial charge in [0.25, 0.3) is 0 Å². The molecule has 1 aliphatic rings. The molecule has 1 fully saturated rings. The highest BCUT2D eigenvalue weighted by Gasteiger charge is 2.32. The number of ether oxygens (including phenoxy) is 2. The average Bonchev–Trinajstić information content (AvgIpc) is 3.65. The van der Waals surface area contributed by atoms with Gasteiger partial charge < -0.3 is 24.2 Å². The highest BCUT2D eigenvalue weighted by molar-refractivity contribution is 5.65. The summed E-state index contributed by atoms with van der Waals surface area (Å²) in [5.41, 5.74) is 2.42. The monoisotopic (exact) mass is 487 g/mol. The smallest absolute Gasteiger partial charge is 0.231 e. The van der Waals surface area contributed by atoms with Crippen molar-refractivity contribution in [3.05, 3.63) is 53.7 Å². The first-order valence-corrected chi connectivity index (χ1v) is 11.5. The van der Waals surface area contributed by atoms with Crippen molar-refractivity contribution in [2.24, 2.45) is 0 Å². The quantitative estimate of drug-likeness (QED) is 0.334. The molecule has 1 atom stereocenters. The van der Waals surface area contributed by atoms with E-state index in [9.17, 15) is 5.26 Å². The number of nitriles is 1. The molecule has 12 nitrogen and oxygen atoms in total. The van der Waals surface area contributed by atoms with Crippen LogP contribution >= 0.6 is 0 Å². The second-order valence-electron chi connectivity index (χ2n) is 8.27. The van der Waals surface area contributed by atoms with Gasteiger partial charge in [-0.15, -0.1) is 0 Å². The first-order valence-electron chi connectivity index (χ1n) is 11.5. The maximum Gasteiger partial charge on any atom is 0.231 e. The molecule has 1 saturated heterocycles. The van der Waals surface area contributed by atoms with Gasteiger partial charge in [-0.05, 0) is 31.9 Å². The van der Waals surface area contributed by atoms with Crippen LogP contribution in [0.1, 0.15) is 36.0 Å². The van der Waals surface area contributed by atoms with E-state index in [2.05, 4.69) is 41.6 Å². The molecule has 0 amide bonds. The van der Waals surface area contributed by atoms with Gasteiger partial charge in [-0.2, -0.15) is 20.3 Å². The zero-order valence-corrected chi connectivity index (χ0v) is 19.9. The third-order valence-corrected chi connectivity index (χ3v) is 5.75. The van der Waals surface area contributed by atoms with E-state index in [4.69, 9.17) is 19.0 Å². The van der Waals surface area contributed by atoms with E-state index >= 15 is 0 Å². The molecule has 5 rings (SSSR count). The van der Waals surface area contributed by atoms with Gasteiger partial charge in [0.05, 0.1) is 12.6 Å². The van der Waals surface area contributed by atoms with E-state index in [0.717, 1.165) is 25.1 Å². The largest absolute Gasteiger partial charge is 0.475 e. The van der Waals surface area contributed by atoms with Crippen molar-refractivity contribution >= 4 is 17.6 Å². The number of nitrogens with zero attached hydrogens (tertiary/aromatic N) is 7. The summed E-state index contributed by atoms with van der Waals surface area (Å²) >= 11 is 0. The Morgan fingerprint density at radius 3 is 2.97 bits per heavy atom. The first kappa shape index (κ1) is 23.3. The Morgan fingerprint density at radius 2 is 2.17 bits per heavy atom. The van der Waals surface area contributed by atoms with Gasteiger partial charge in [0.15, 0.2) is 11.6 Å². The van der Waals surface area contributed by atoms with E-state index in [1.165, 1.54) is 0 Å². The number of aryl methyl sites for hydroxylation is 1. The minimum Gasteiger partial charge on any atom is -0.475 e. The fraction of sp³-hybridized carbons (Fsp3) is 0.333. The van der Waals surface area contributed by atoms with Gasteiger partial charge in [0, 0.05) is 49.3 Å². The van der Waals surface area contributed by atoms with Crippen LogP contribution in [-0.4, -0.2) is 57.2 Å². The molecule has 4 aromatic heterocycles. The lowest BCUT2D eigenvalue weighted by Gasteiger charge is -2.23. The number of aromatic nitrogens is 6. The van der Waals surface area contributed by atoms with Crippen molar-refractivity contribution in [2.75, 3.05) is 37.1 Å². The van der Waals surface area contributed by atoms with E-state index in [0.29, 0.717) is 59.4 Å². The molecule has 0 bridgehead atoms. The highest BCUT2D eigenvalue weighted by atomic mass is 16.5. The maximum absolute atomic E-state index is 9.40. The minimum atomic E-state index is -0.122. The van der Waals surface area contributed by atoms with Crippen molar-refractivity contribution in [2.45, 2.75) is 25.8 Å². The normalized spacial score (nSPS) is 15.1. The molecule has 36 heavy (non-hydrogen) atoms. The Kier molecular flexibility index (Phi) is 6.72. The topological polar surface area (TPSA) is 151 Å². The number of hydrogen-bond acceptors (Lipinski definition) is 11. The van der Waals surface area contributed by atoms with Gasteiger partial charge in [0.2, 0.25) is 11.8 Å². The third-order valence-electron chi connectivity index (χ3n) is 5.75. The average molecular weight is 488 g/mol. The summed E-state index contributed by atoms with van der Waals surface area (Å²) in [5, 5.41) is 24.0. The molecule has 4 aromatic rings. The number of hydrogen-bond donors (Lipinski definition) is 2. The summed E-state index contributed by atoms with van der Waals surface area (Å²) < 4.78 is 16.6. The summed E-state index contributed by atoms with van der Waals surface area (Å²) in [7, 11) is 1.62. The van der Waals surface area contributed by atoms with Crippen molar-refractivity contribution in [3.63, 3.8) is 0 Å². The van der Waals surface area contributed by atoms with Gasteiger partial charge in [-0.25, -0.2) is 4.98 Å².